The lowest BCUT2D eigenvalue weighted by Crippen LogP contribution is -2.36. The molecular formula is C23H25N3O3S. The molecule has 4 rings (SSSR count). The van der Waals surface area contributed by atoms with E-state index in [0.717, 1.165) is 28.8 Å². The van der Waals surface area contributed by atoms with Crippen molar-refractivity contribution in [2.24, 2.45) is 0 Å². The molecule has 0 saturated heterocycles. The van der Waals surface area contributed by atoms with Gasteiger partial charge in [0.1, 0.15) is 0 Å². The Labute approximate surface area is 177 Å². The van der Waals surface area contributed by atoms with E-state index >= 15 is 0 Å². The fourth-order valence-corrected chi connectivity index (χ4v) is 4.47. The Bertz CT molecular complexity index is 1200. The van der Waals surface area contributed by atoms with Gasteiger partial charge in [-0.05, 0) is 35.7 Å². The first kappa shape index (κ1) is 20.3. The number of benzene rings is 2. The van der Waals surface area contributed by atoms with E-state index in [1.54, 1.807) is 17.0 Å². The van der Waals surface area contributed by atoms with Crippen molar-refractivity contribution in [1.82, 2.24) is 14.7 Å². The Balaban J connectivity index is 1.65. The van der Waals surface area contributed by atoms with Gasteiger partial charge < -0.3 is 4.90 Å². The average molecular weight is 424 g/mol. The molecule has 1 aromatic heterocycles. The first-order valence-electron chi connectivity index (χ1n) is 10.00. The molecule has 0 N–H and O–H groups in total. The minimum Gasteiger partial charge on any atom is -0.334 e. The Morgan fingerprint density at radius 2 is 1.83 bits per heavy atom. The molecule has 0 saturated carbocycles. The molecule has 2 heterocycles. The van der Waals surface area contributed by atoms with Crippen LogP contribution in [0, 0.1) is 0 Å². The summed E-state index contributed by atoms with van der Waals surface area (Å²) in [4.78, 5) is 15.4. The maximum absolute atomic E-state index is 13.4. The van der Waals surface area contributed by atoms with Gasteiger partial charge in [-0.1, -0.05) is 38.1 Å². The number of para-hydroxylation sites is 1. The number of carbonyl (C=O) groups excluding carboxylic acids is 1. The molecule has 1 aliphatic rings. The van der Waals surface area contributed by atoms with Crippen LogP contribution < -0.4 is 0 Å². The lowest BCUT2D eigenvalue weighted by Gasteiger charge is -2.27. The van der Waals surface area contributed by atoms with Crippen molar-refractivity contribution in [2.45, 2.75) is 37.6 Å². The van der Waals surface area contributed by atoms with Crippen LogP contribution in [0.1, 0.15) is 46.9 Å². The van der Waals surface area contributed by atoms with Crippen molar-refractivity contribution >= 4 is 15.7 Å². The van der Waals surface area contributed by atoms with E-state index in [-0.39, 0.29) is 16.7 Å². The van der Waals surface area contributed by atoms with E-state index < -0.39 is 9.84 Å². The number of fused-ring (bicyclic) bond motifs is 1. The summed E-state index contributed by atoms with van der Waals surface area (Å²) in [6.07, 6.45) is 3.81. The van der Waals surface area contributed by atoms with Crippen molar-refractivity contribution in [3.05, 3.63) is 77.1 Å². The second-order valence-corrected chi connectivity index (χ2v) is 10.0. The molecule has 7 heteroatoms. The monoisotopic (exact) mass is 423 g/mol. The number of hydrogen-bond donors (Lipinski definition) is 0. The van der Waals surface area contributed by atoms with Gasteiger partial charge in [0.15, 0.2) is 9.84 Å². The third-order valence-electron chi connectivity index (χ3n) is 5.47. The van der Waals surface area contributed by atoms with Crippen LogP contribution in [0.25, 0.3) is 5.69 Å². The molecule has 0 radical (unpaired) electrons. The molecule has 30 heavy (non-hydrogen) atoms. The van der Waals surface area contributed by atoms with Gasteiger partial charge in [0.2, 0.25) is 0 Å². The van der Waals surface area contributed by atoms with Crippen LogP contribution in [-0.4, -0.2) is 41.8 Å². The number of rotatable bonds is 4. The van der Waals surface area contributed by atoms with Crippen molar-refractivity contribution in [1.29, 1.82) is 0 Å². The zero-order valence-electron chi connectivity index (χ0n) is 17.4. The van der Waals surface area contributed by atoms with Crippen LogP contribution in [-0.2, 0) is 22.8 Å². The molecule has 0 atom stereocenters. The average Bonchev–Trinajstić information content (AvgIpc) is 3.16. The minimum absolute atomic E-state index is 0.110. The predicted molar refractivity (Wildman–Crippen MR) is 116 cm³/mol. The molecule has 0 spiro atoms. The van der Waals surface area contributed by atoms with Gasteiger partial charge in [0, 0.05) is 43.1 Å². The van der Waals surface area contributed by atoms with Crippen LogP contribution in [0.5, 0.6) is 0 Å². The summed E-state index contributed by atoms with van der Waals surface area (Å²) in [5, 5.41) is 4.68. The number of amides is 1. The third-order valence-corrected chi connectivity index (χ3v) is 6.58. The highest BCUT2D eigenvalue weighted by Gasteiger charge is 2.27. The Hall–Kier alpha value is -2.93. The van der Waals surface area contributed by atoms with E-state index in [0.29, 0.717) is 25.1 Å². The molecule has 2 aromatic carbocycles. The smallest absolute Gasteiger partial charge is 0.254 e. The Kier molecular flexibility index (Phi) is 5.24. The summed E-state index contributed by atoms with van der Waals surface area (Å²) >= 11 is 0. The molecule has 6 nitrogen and oxygen atoms in total. The van der Waals surface area contributed by atoms with Crippen molar-refractivity contribution in [3.63, 3.8) is 0 Å². The highest BCUT2D eigenvalue weighted by atomic mass is 32.2. The maximum atomic E-state index is 13.4. The van der Waals surface area contributed by atoms with Crippen LogP contribution in [0.15, 0.2) is 59.6 Å². The van der Waals surface area contributed by atoms with Crippen LogP contribution in [0.4, 0.5) is 0 Å². The number of sulfone groups is 1. The van der Waals surface area contributed by atoms with Crippen molar-refractivity contribution in [3.8, 4) is 5.69 Å². The summed E-state index contributed by atoms with van der Waals surface area (Å²) in [6, 6.07) is 14.7. The number of nitrogens with zero attached hydrogens (tertiary/aromatic N) is 3. The number of hydrogen-bond acceptors (Lipinski definition) is 4. The van der Waals surface area contributed by atoms with Crippen LogP contribution in [0.2, 0.25) is 0 Å². The zero-order valence-corrected chi connectivity index (χ0v) is 18.2. The summed E-state index contributed by atoms with van der Waals surface area (Å²) in [6.45, 7) is 5.02. The van der Waals surface area contributed by atoms with E-state index in [1.165, 1.54) is 6.07 Å². The fraction of sp³-hybridized carbons (Fsp3) is 0.304. The lowest BCUT2D eigenvalue weighted by molar-refractivity contribution is 0.0732. The van der Waals surface area contributed by atoms with E-state index in [9.17, 15) is 13.2 Å². The SMILES string of the molecule is CC(C)c1ccc(S(C)(=O)=O)cc1C(=O)N1CCc2nn(-c3ccccc3)cc2C1. The fourth-order valence-electron chi connectivity index (χ4n) is 3.82. The second kappa shape index (κ2) is 7.72. The largest absolute Gasteiger partial charge is 0.334 e. The van der Waals surface area contributed by atoms with Gasteiger partial charge in [0.05, 0.1) is 16.3 Å². The van der Waals surface area contributed by atoms with Gasteiger partial charge in [-0.25, -0.2) is 13.1 Å². The lowest BCUT2D eigenvalue weighted by atomic mass is 9.95. The van der Waals surface area contributed by atoms with E-state index in [1.807, 2.05) is 55.1 Å². The first-order chi connectivity index (χ1) is 14.2. The maximum Gasteiger partial charge on any atom is 0.254 e. The zero-order chi connectivity index (χ0) is 21.5. The first-order valence-corrected chi connectivity index (χ1v) is 11.9. The topological polar surface area (TPSA) is 72.3 Å². The number of aromatic nitrogens is 2. The second-order valence-electron chi connectivity index (χ2n) is 8.03. The van der Waals surface area contributed by atoms with Crippen molar-refractivity contribution < 1.29 is 13.2 Å². The normalized spacial score (nSPS) is 14.1. The molecule has 1 amide bonds. The Morgan fingerprint density at radius 1 is 1.10 bits per heavy atom. The standard InChI is InChI=1S/C23H25N3O3S/c1-16(2)20-10-9-19(30(3,28)29)13-21(20)23(27)25-12-11-22-17(14-25)15-26(24-22)18-7-5-4-6-8-18/h4-10,13,15-16H,11-12,14H2,1-3H3. The van der Waals surface area contributed by atoms with E-state index in [2.05, 4.69) is 5.10 Å². The minimum atomic E-state index is -3.39. The van der Waals surface area contributed by atoms with Gasteiger partial charge >= 0.3 is 0 Å². The predicted octanol–water partition coefficient (Wildman–Crippen LogP) is 3.60. The Morgan fingerprint density at radius 3 is 2.50 bits per heavy atom. The third kappa shape index (κ3) is 3.89. The van der Waals surface area contributed by atoms with Gasteiger partial charge in [-0.15, -0.1) is 0 Å². The van der Waals surface area contributed by atoms with Crippen LogP contribution in [0.3, 0.4) is 0 Å². The summed E-state index contributed by atoms with van der Waals surface area (Å²) in [5.41, 5.74) is 4.32. The summed E-state index contributed by atoms with van der Waals surface area (Å²) < 4.78 is 25.9. The quantitative estimate of drug-likeness (QED) is 0.643. The van der Waals surface area contributed by atoms with E-state index in [4.69, 9.17) is 0 Å². The highest BCUT2D eigenvalue weighted by molar-refractivity contribution is 7.90. The molecule has 1 aliphatic heterocycles. The summed E-state index contributed by atoms with van der Waals surface area (Å²) in [7, 11) is -3.39. The number of carbonyl (C=O) groups is 1. The summed E-state index contributed by atoms with van der Waals surface area (Å²) in [5.74, 6) is -0.0268. The molecular weight excluding hydrogens is 398 g/mol. The molecule has 156 valence electrons. The molecule has 0 unspecified atom stereocenters. The molecule has 3 aromatic rings. The molecule has 0 fully saturated rings. The van der Waals surface area contributed by atoms with Gasteiger partial charge in [-0.3, -0.25) is 4.79 Å². The highest BCUT2D eigenvalue weighted by Crippen LogP contribution is 2.27. The van der Waals surface area contributed by atoms with Gasteiger partial charge in [-0.2, -0.15) is 5.10 Å². The molecule has 0 aliphatic carbocycles. The van der Waals surface area contributed by atoms with Crippen LogP contribution >= 0.6 is 0 Å². The van der Waals surface area contributed by atoms with Crippen molar-refractivity contribution in [2.75, 3.05) is 12.8 Å². The molecule has 0 bridgehead atoms. The van der Waals surface area contributed by atoms with Gasteiger partial charge in [0.25, 0.3) is 5.91 Å².